The monoisotopic (exact) mass is 458 g/mol. The van der Waals surface area contributed by atoms with Gasteiger partial charge in [0, 0.05) is 12.0 Å². The van der Waals surface area contributed by atoms with Crippen molar-refractivity contribution in [3.8, 4) is 5.75 Å². The lowest BCUT2D eigenvalue weighted by atomic mass is 10.1. The first kappa shape index (κ1) is 26.9. The zero-order chi connectivity index (χ0) is 24.1. The summed E-state index contributed by atoms with van der Waals surface area (Å²) in [7, 11) is 0. The molecule has 180 valence electrons. The van der Waals surface area contributed by atoms with Crippen molar-refractivity contribution in [2.75, 3.05) is 6.61 Å². The molecule has 1 aromatic rings. The van der Waals surface area contributed by atoms with Crippen LogP contribution in [0, 0.1) is 0 Å². The largest absolute Gasteiger partial charge is 0.485 e. The van der Waals surface area contributed by atoms with Crippen molar-refractivity contribution < 1.29 is 14.3 Å². The van der Waals surface area contributed by atoms with Gasteiger partial charge in [-0.25, -0.2) is 0 Å². The molecule has 0 amide bonds. The van der Waals surface area contributed by atoms with Crippen LogP contribution >= 0.6 is 0 Å². The lowest BCUT2D eigenvalue weighted by molar-refractivity contribution is -0.139. The van der Waals surface area contributed by atoms with E-state index >= 15 is 0 Å². The van der Waals surface area contributed by atoms with E-state index in [2.05, 4.69) is 73.8 Å². The van der Waals surface area contributed by atoms with Crippen LogP contribution in [0.3, 0.4) is 0 Å². The number of carbonyl (C=O) groups is 1. The first-order valence-corrected chi connectivity index (χ1v) is 12.3. The van der Waals surface area contributed by atoms with Gasteiger partial charge in [0.1, 0.15) is 18.1 Å². The lowest BCUT2D eigenvalue weighted by Gasteiger charge is -2.17. The first-order chi connectivity index (χ1) is 16.8. The number of benzene rings is 1. The second-order valence-corrected chi connectivity index (χ2v) is 7.87. The van der Waals surface area contributed by atoms with Gasteiger partial charge in [-0.2, -0.15) is 0 Å². The quantitative estimate of drug-likeness (QED) is 0.195. The second-order valence-electron chi connectivity index (χ2n) is 7.87. The number of allylic oxidation sites excluding steroid dienone is 12. The fraction of sp³-hybridized carbons (Fsp3) is 0.323. The molecule has 0 bridgehead atoms. The van der Waals surface area contributed by atoms with Gasteiger partial charge in [-0.3, -0.25) is 4.79 Å². The third-order valence-corrected chi connectivity index (χ3v) is 4.96. The van der Waals surface area contributed by atoms with Crippen LogP contribution in [0.1, 0.15) is 63.9 Å². The van der Waals surface area contributed by atoms with Crippen molar-refractivity contribution in [3.63, 3.8) is 0 Å². The molecule has 0 saturated carbocycles. The van der Waals surface area contributed by atoms with Gasteiger partial charge in [-0.15, -0.1) is 0 Å². The lowest BCUT2D eigenvalue weighted by Crippen LogP contribution is -2.13. The van der Waals surface area contributed by atoms with Gasteiger partial charge >= 0.3 is 5.97 Å². The van der Waals surface area contributed by atoms with Gasteiger partial charge in [0.25, 0.3) is 0 Å². The summed E-state index contributed by atoms with van der Waals surface area (Å²) in [5, 5.41) is 0. The number of rotatable bonds is 15. The van der Waals surface area contributed by atoms with Crippen molar-refractivity contribution in [3.05, 3.63) is 109 Å². The van der Waals surface area contributed by atoms with Gasteiger partial charge in [0.05, 0.1) is 0 Å². The highest BCUT2D eigenvalue weighted by Gasteiger charge is 2.14. The molecule has 0 fully saturated rings. The molecule has 0 N–H and O–H groups in total. The van der Waals surface area contributed by atoms with E-state index in [0.717, 1.165) is 49.8 Å². The standard InChI is InChI=1S/C31H38O3/c1-2-3-4-5-6-7-8-9-10-11-12-13-14-15-16-17-18-19-20-25-31(32)34-29-26-28-23-21-22-24-30(28)33-27-29/h3-4,6-7,9-10,12-13,15-16,18-19,21-24,26H,2,5,8,11,14,17,20,25,27H2,1H3/b4-3+,7-6+,10-9+,13-12+,16-15+,19-18+. The van der Waals surface area contributed by atoms with E-state index in [4.69, 9.17) is 9.47 Å². The van der Waals surface area contributed by atoms with Crippen LogP contribution in [0.5, 0.6) is 5.75 Å². The Morgan fingerprint density at radius 2 is 1.32 bits per heavy atom. The molecule has 34 heavy (non-hydrogen) atoms. The van der Waals surface area contributed by atoms with Crippen LogP contribution in [0.25, 0.3) is 6.08 Å². The smallest absolute Gasteiger partial charge is 0.311 e. The summed E-state index contributed by atoms with van der Waals surface area (Å²) in [5.74, 6) is 1.15. The Balaban J connectivity index is 1.47. The maximum Gasteiger partial charge on any atom is 0.311 e. The normalized spacial score (nSPS) is 14.1. The minimum atomic E-state index is -0.228. The Kier molecular flexibility index (Phi) is 14.4. The Labute approximate surface area is 205 Å². The summed E-state index contributed by atoms with van der Waals surface area (Å²) < 4.78 is 11.0. The Bertz CT molecular complexity index is 926. The maximum atomic E-state index is 12.0. The molecule has 1 aromatic carbocycles. The highest BCUT2D eigenvalue weighted by atomic mass is 16.6. The van der Waals surface area contributed by atoms with Crippen LogP contribution in [0.15, 0.2) is 103 Å². The van der Waals surface area contributed by atoms with E-state index in [1.165, 1.54) is 0 Å². The van der Waals surface area contributed by atoms with Crippen molar-refractivity contribution in [2.24, 2.45) is 0 Å². The minimum absolute atomic E-state index is 0.228. The Morgan fingerprint density at radius 1 is 0.794 bits per heavy atom. The number of fused-ring (bicyclic) bond motifs is 1. The van der Waals surface area contributed by atoms with Crippen LogP contribution in [0.2, 0.25) is 0 Å². The minimum Gasteiger partial charge on any atom is -0.485 e. The Hall–Kier alpha value is -3.33. The Morgan fingerprint density at radius 3 is 1.91 bits per heavy atom. The molecule has 0 unspecified atom stereocenters. The molecule has 2 rings (SSSR count). The van der Waals surface area contributed by atoms with E-state index < -0.39 is 0 Å². The molecule has 1 aliphatic heterocycles. The summed E-state index contributed by atoms with van der Waals surface area (Å²) in [5.41, 5.74) is 0.938. The molecular weight excluding hydrogens is 420 g/mol. The zero-order valence-corrected chi connectivity index (χ0v) is 20.4. The van der Waals surface area contributed by atoms with Gasteiger partial charge in [0.15, 0.2) is 0 Å². The number of ether oxygens (including phenoxy) is 2. The van der Waals surface area contributed by atoms with Gasteiger partial charge < -0.3 is 9.47 Å². The zero-order valence-electron chi connectivity index (χ0n) is 20.4. The highest BCUT2D eigenvalue weighted by molar-refractivity contribution is 5.73. The van der Waals surface area contributed by atoms with Gasteiger partial charge in [0.2, 0.25) is 0 Å². The van der Waals surface area contributed by atoms with E-state index in [9.17, 15) is 4.79 Å². The van der Waals surface area contributed by atoms with E-state index in [0.29, 0.717) is 25.2 Å². The maximum absolute atomic E-state index is 12.0. The summed E-state index contributed by atoms with van der Waals surface area (Å²) in [4.78, 5) is 12.0. The van der Waals surface area contributed by atoms with Crippen LogP contribution in [-0.2, 0) is 9.53 Å². The van der Waals surface area contributed by atoms with E-state index in [-0.39, 0.29) is 5.97 Å². The van der Waals surface area contributed by atoms with Gasteiger partial charge in [-0.1, -0.05) is 98.0 Å². The SMILES string of the molecule is CC/C=C/C/C=C/C/C=C/C/C=C/C/C=C/C/C=C/CCC(=O)OC1=Cc2ccccc2OC1. The predicted octanol–water partition coefficient (Wildman–Crippen LogP) is 8.44. The fourth-order valence-corrected chi connectivity index (χ4v) is 3.19. The van der Waals surface area contributed by atoms with Crippen LogP contribution in [-0.4, -0.2) is 12.6 Å². The van der Waals surface area contributed by atoms with Crippen LogP contribution < -0.4 is 4.74 Å². The first-order valence-electron chi connectivity index (χ1n) is 12.3. The van der Waals surface area contributed by atoms with Crippen molar-refractivity contribution >= 4 is 12.0 Å². The summed E-state index contributed by atoms with van der Waals surface area (Å²) in [6.45, 7) is 2.45. The molecule has 0 atom stereocenters. The predicted molar refractivity (Wildman–Crippen MR) is 143 cm³/mol. The molecule has 0 saturated heterocycles. The van der Waals surface area contributed by atoms with Gasteiger partial charge in [-0.05, 0) is 57.1 Å². The van der Waals surface area contributed by atoms with E-state index in [1.54, 1.807) is 0 Å². The molecule has 0 aromatic heterocycles. The molecule has 1 heterocycles. The third kappa shape index (κ3) is 12.6. The fourth-order valence-electron chi connectivity index (χ4n) is 3.19. The average molecular weight is 459 g/mol. The van der Waals surface area contributed by atoms with E-state index in [1.807, 2.05) is 36.4 Å². The number of hydrogen-bond donors (Lipinski definition) is 0. The third-order valence-electron chi connectivity index (χ3n) is 4.96. The number of hydrogen-bond acceptors (Lipinski definition) is 3. The van der Waals surface area contributed by atoms with Crippen LogP contribution in [0.4, 0.5) is 0 Å². The molecule has 0 spiro atoms. The number of carbonyl (C=O) groups excluding carboxylic acids is 1. The average Bonchev–Trinajstić information content (AvgIpc) is 2.85. The van der Waals surface area contributed by atoms with Crippen molar-refractivity contribution in [2.45, 2.75) is 58.3 Å². The second kappa shape index (κ2) is 18.1. The molecular formula is C31H38O3. The summed E-state index contributed by atoms with van der Waals surface area (Å²) in [6, 6.07) is 7.72. The number of para-hydroxylation sites is 1. The molecule has 3 heteroatoms. The highest BCUT2D eigenvalue weighted by Crippen LogP contribution is 2.26. The molecule has 0 aliphatic carbocycles. The van der Waals surface area contributed by atoms with Crippen molar-refractivity contribution in [1.82, 2.24) is 0 Å². The molecule has 3 nitrogen and oxygen atoms in total. The number of esters is 1. The summed E-state index contributed by atoms with van der Waals surface area (Å²) in [6.07, 6.45) is 34.9. The topological polar surface area (TPSA) is 35.5 Å². The molecule has 1 aliphatic rings. The van der Waals surface area contributed by atoms with Crippen molar-refractivity contribution in [1.29, 1.82) is 0 Å². The summed E-state index contributed by atoms with van der Waals surface area (Å²) >= 11 is 0. The molecule has 0 radical (unpaired) electrons.